The molecule has 1 aromatic heterocycles. The van der Waals surface area contributed by atoms with Gasteiger partial charge in [0.2, 0.25) is 0 Å². The van der Waals surface area contributed by atoms with Crippen molar-refractivity contribution in [3.8, 4) is 0 Å². The molecule has 8 heteroatoms. The van der Waals surface area contributed by atoms with E-state index in [9.17, 15) is 0 Å². The number of pyridine rings is 1. The number of nitrogens with one attached hydrogen (secondary N) is 2. The summed E-state index contributed by atoms with van der Waals surface area (Å²) in [7, 11) is 1.83. The smallest absolute Gasteiger partial charge is 0.191 e. The second kappa shape index (κ2) is 12.5. The molecule has 0 spiro atoms. The van der Waals surface area contributed by atoms with Gasteiger partial charge in [0.25, 0.3) is 0 Å². The van der Waals surface area contributed by atoms with E-state index in [4.69, 9.17) is 4.74 Å². The van der Waals surface area contributed by atoms with Crippen molar-refractivity contribution in [3.63, 3.8) is 0 Å². The van der Waals surface area contributed by atoms with Gasteiger partial charge in [-0.2, -0.15) is 0 Å². The Morgan fingerprint density at radius 1 is 1.17 bits per heavy atom. The van der Waals surface area contributed by atoms with Crippen molar-refractivity contribution in [1.82, 2.24) is 20.5 Å². The fourth-order valence-corrected chi connectivity index (χ4v) is 3.99. The van der Waals surface area contributed by atoms with Gasteiger partial charge in [0.15, 0.2) is 5.96 Å². The quantitative estimate of drug-likeness (QED) is 0.330. The Bertz CT molecular complexity index is 629. The molecule has 2 N–H and O–H groups in total. The number of halogens is 1. The summed E-state index contributed by atoms with van der Waals surface area (Å²) in [5, 5.41) is 6.97. The molecule has 1 unspecified atom stereocenters. The van der Waals surface area contributed by atoms with Crippen molar-refractivity contribution < 1.29 is 4.74 Å². The molecule has 2 aliphatic heterocycles. The number of aromatic nitrogens is 1. The summed E-state index contributed by atoms with van der Waals surface area (Å²) < 4.78 is 5.50. The maximum absolute atomic E-state index is 5.50. The van der Waals surface area contributed by atoms with Gasteiger partial charge in [0.05, 0.1) is 13.2 Å². The van der Waals surface area contributed by atoms with Crippen molar-refractivity contribution in [1.29, 1.82) is 0 Å². The highest BCUT2D eigenvalue weighted by molar-refractivity contribution is 14.0. The number of guanidine groups is 1. The molecule has 2 aliphatic rings. The van der Waals surface area contributed by atoms with Gasteiger partial charge in [-0.05, 0) is 36.5 Å². The molecule has 0 saturated carbocycles. The summed E-state index contributed by atoms with van der Waals surface area (Å²) in [4.78, 5) is 13.8. The van der Waals surface area contributed by atoms with Crippen LogP contribution in [0.25, 0.3) is 0 Å². The average Bonchev–Trinajstić information content (AvgIpc) is 3.26. The molecule has 0 aromatic carbocycles. The van der Waals surface area contributed by atoms with E-state index in [0.717, 1.165) is 64.3 Å². The summed E-state index contributed by atoms with van der Waals surface area (Å²) in [6.07, 6.45) is 4.44. The summed E-state index contributed by atoms with van der Waals surface area (Å²) in [6.45, 7) is 12.1. The maximum atomic E-state index is 5.50. The van der Waals surface area contributed by atoms with Gasteiger partial charge in [0.1, 0.15) is 5.82 Å². The van der Waals surface area contributed by atoms with Crippen LogP contribution in [0, 0.1) is 5.92 Å². The molecule has 29 heavy (non-hydrogen) atoms. The van der Waals surface area contributed by atoms with Crippen molar-refractivity contribution in [2.45, 2.75) is 39.3 Å². The monoisotopic (exact) mass is 516 g/mol. The van der Waals surface area contributed by atoms with Crippen LogP contribution in [0.2, 0.25) is 0 Å². The number of anilines is 1. The van der Waals surface area contributed by atoms with E-state index in [1.807, 2.05) is 13.2 Å². The minimum Gasteiger partial charge on any atom is -0.379 e. The van der Waals surface area contributed by atoms with Crippen molar-refractivity contribution >= 4 is 35.8 Å². The van der Waals surface area contributed by atoms with E-state index < -0.39 is 0 Å². The Morgan fingerprint density at radius 3 is 2.55 bits per heavy atom. The Labute approximate surface area is 192 Å². The first-order valence-electron chi connectivity index (χ1n) is 10.6. The third-order valence-corrected chi connectivity index (χ3v) is 5.69. The van der Waals surface area contributed by atoms with E-state index in [-0.39, 0.29) is 24.0 Å². The topological polar surface area (TPSA) is 65.0 Å². The molecule has 2 fully saturated rings. The standard InChI is InChI=1S/C21H36N6O.HI/c1-17(2)19(26-10-12-28-13-11-26)16-25-21(22-3)24-15-18-6-7-23-20(14-18)27-8-4-5-9-27;/h6-7,14,17,19H,4-5,8-13,15-16H2,1-3H3,(H2,22,24,25);1H. The van der Waals surface area contributed by atoms with Crippen LogP contribution in [0.15, 0.2) is 23.3 Å². The molecule has 0 bridgehead atoms. The van der Waals surface area contributed by atoms with Crippen molar-refractivity contribution in [2.75, 3.05) is 57.9 Å². The van der Waals surface area contributed by atoms with Crippen LogP contribution >= 0.6 is 24.0 Å². The Hall–Kier alpha value is -1.13. The molecule has 0 aliphatic carbocycles. The molecule has 1 aromatic rings. The number of rotatable bonds is 7. The lowest BCUT2D eigenvalue weighted by atomic mass is 10.0. The number of hydrogen-bond acceptors (Lipinski definition) is 5. The van der Waals surface area contributed by atoms with Crippen LogP contribution < -0.4 is 15.5 Å². The highest BCUT2D eigenvalue weighted by atomic mass is 127. The first kappa shape index (κ1) is 24.1. The molecular formula is C21H37IN6O. The first-order valence-corrected chi connectivity index (χ1v) is 10.6. The summed E-state index contributed by atoms with van der Waals surface area (Å²) in [5.74, 6) is 2.51. The highest BCUT2D eigenvalue weighted by Crippen LogP contribution is 2.18. The van der Waals surface area contributed by atoms with Crippen LogP contribution in [0.3, 0.4) is 0 Å². The van der Waals surface area contributed by atoms with Crippen molar-refractivity contribution in [2.24, 2.45) is 10.9 Å². The van der Waals surface area contributed by atoms with E-state index in [1.165, 1.54) is 18.4 Å². The molecule has 3 heterocycles. The van der Waals surface area contributed by atoms with E-state index in [1.54, 1.807) is 0 Å². The lowest BCUT2D eigenvalue weighted by Crippen LogP contribution is -2.52. The normalized spacial score (nSPS) is 19.2. The molecule has 3 rings (SSSR count). The molecule has 0 amide bonds. The molecule has 7 nitrogen and oxygen atoms in total. The van der Waals surface area contributed by atoms with Gasteiger partial charge in [-0.3, -0.25) is 9.89 Å². The summed E-state index contributed by atoms with van der Waals surface area (Å²) in [5.41, 5.74) is 1.23. The number of nitrogens with zero attached hydrogens (tertiary/aromatic N) is 4. The highest BCUT2D eigenvalue weighted by Gasteiger charge is 2.23. The molecular weight excluding hydrogens is 479 g/mol. The number of hydrogen-bond donors (Lipinski definition) is 2. The minimum absolute atomic E-state index is 0. The summed E-state index contributed by atoms with van der Waals surface area (Å²) >= 11 is 0. The summed E-state index contributed by atoms with van der Waals surface area (Å²) in [6, 6.07) is 4.74. The number of ether oxygens (including phenoxy) is 1. The van der Waals surface area contributed by atoms with Gasteiger partial charge in [0, 0.05) is 58.6 Å². The van der Waals surface area contributed by atoms with E-state index in [2.05, 4.69) is 56.4 Å². The van der Waals surface area contributed by atoms with Gasteiger partial charge in [-0.15, -0.1) is 24.0 Å². The van der Waals surface area contributed by atoms with Crippen LogP contribution in [0.5, 0.6) is 0 Å². The zero-order valence-electron chi connectivity index (χ0n) is 18.1. The second-order valence-electron chi connectivity index (χ2n) is 7.98. The predicted molar refractivity (Wildman–Crippen MR) is 130 cm³/mol. The second-order valence-corrected chi connectivity index (χ2v) is 7.98. The lowest BCUT2D eigenvalue weighted by molar-refractivity contribution is 0.00752. The van der Waals surface area contributed by atoms with E-state index in [0.29, 0.717) is 12.0 Å². The van der Waals surface area contributed by atoms with Gasteiger partial charge in [-0.1, -0.05) is 13.8 Å². The van der Waals surface area contributed by atoms with Crippen LogP contribution in [-0.2, 0) is 11.3 Å². The average molecular weight is 516 g/mol. The lowest BCUT2D eigenvalue weighted by Gasteiger charge is -2.37. The predicted octanol–water partition coefficient (Wildman–Crippen LogP) is 2.32. The van der Waals surface area contributed by atoms with Crippen LogP contribution in [0.1, 0.15) is 32.3 Å². The molecule has 1 atom stereocenters. The largest absolute Gasteiger partial charge is 0.379 e. The zero-order valence-corrected chi connectivity index (χ0v) is 20.4. The first-order chi connectivity index (χ1) is 13.7. The zero-order chi connectivity index (χ0) is 19.8. The fourth-order valence-electron chi connectivity index (χ4n) is 3.99. The van der Waals surface area contributed by atoms with E-state index >= 15 is 0 Å². The Kier molecular flexibility index (Phi) is 10.4. The SMILES string of the molecule is CN=C(NCc1ccnc(N2CCCC2)c1)NCC(C(C)C)N1CCOCC1.I. The molecule has 164 valence electrons. The Morgan fingerprint density at radius 2 is 1.90 bits per heavy atom. The third-order valence-electron chi connectivity index (χ3n) is 5.69. The Balaban J connectivity index is 0.00000300. The minimum atomic E-state index is 0. The van der Waals surface area contributed by atoms with Crippen molar-refractivity contribution in [3.05, 3.63) is 23.9 Å². The third kappa shape index (κ3) is 7.25. The van der Waals surface area contributed by atoms with Gasteiger partial charge >= 0.3 is 0 Å². The maximum Gasteiger partial charge on any atom is 0.191 e. The fraction of sp³-hybridized carbons (Fsp3) is 0.714. The molecule has 0 radical (unpaired) electrons. The molecule has 2 saturated heterocycles. The van der Waals surface area contributed by atoms with Gasteiger partial charge < -0.3 is 20.3 Å². The van der Waals surface area contributed by atoms with Crippen LogP contribution in [0.4, 0.5) is 5.82 Å². The van der Waals surface area contributed by atoms with Gasteiger partial charge in [-0.25, -0.2) is 4.98 Å². The van der Waals surface area contributed by atoms with Crippen LogP contribution in [-0.4, -0.2) is 74.9 Å². The number of morpholine rings is 1. The number of aliphatic imine (C=N–C) groups is 1.